The molecule has 2 aromatic carbocycles. The lowest BCUT2D eigenvalue weighted by molar-refractivity contribution is -0.0592. The zero-order valence-corrected chi connectivity index (χ0v) is 18.1. The van der Waals surface area contributed by atoms with Crippen molar-refractivity contribution in [2.24, 2.45) is 0 Å². The molecule has 10 heteroatoms. The second-order valence-electron chi connectivity index (χ2n) is 7.69. The van der Waals surface area contributed by atoms with Crippen LogP contribution in [0.25, 0.3) is 0 Å². The number of rotatable bonds is 6. The lowest BCUT2D eigenvalue weighted by Gasteiger charge is -2.19. The predicted molar refractivity (Wildman–Crippen MR) is 117 cm³/mol. The average molecular weight is 468 g/mol. The Morgan fingerprint density at radius 3 is 2.21 bits per heavy atom. The van der Waals surface area contributed by atoms with E-state index in [-0.39, 0.29) is 16.7 Å². The van der Waals surface area contributed by atoms with Gasteiger partial charge in [0, 0.05) is 11.8 Å². The minimum absolute atomic E-state index is 0.159. The highest BCUT2D eigenvalue weighted by Crippen LogP contribution is 2.34. The molecule has 0 spiro atoms. The molecule has 2 heterocycles. The summed E-state index contributed by atoms with van der Waals surface area (Å²) in [6.45, 7) is 1.01. The number of carbonyl (C=O) groups is 2. The molecule has 1 N–H and O–H groups in total. The summed E-state index contributed by atoms with van der Waals surface area (Å²) in [4.78, 5) is 51.0. The lowest BCUT2D eigenvalue weighted by Crippen LogP contribution is -2.38. The summed E-state index contributed by atoms with van der Waals surface area (Å²) >= 11 is 0. The van der Waals surface area contributed by atoms with Gasteiger partial charge in [0.25, 0.3) is 5.56 Å². The number of H-pyrrole nitrogens is 1. The quantitative estimate of drug-likeness (QED) is 0.551. The molecule has 4 atom stereocenters. The van der Waals surface area contributed by atoms with Crippen LogP contribution in [0.1, 0.15) is 32.5 Å². The van der Waals surface area contributed by atoms with Gasteiger partial charge in [-0.05, 0) is 31.2 Å². The highest BCUT2D eigenvalue weighted by Gasteiger charge is 2.49. The zero-order chi connectivity index (χ0) is 24.2. The van der Waals surface area contributed by atoms with E-state index in [9.17, 15) is 19.2 Å². The van der Waals surface area contributed by atoms with E-state index in [1.807, 2.05) is 0 Å². The van der Waals surface area contributed by atoms with Gasteiger partial charge in [0.15, 0.2) is 18.5 Å². The Balaban J connectivity index is 1.59. The highest BCUT2D eigenvalue weighted by molar-refractivity contribution is 5.90. The molecule has 1 fully saturated rings. The first-order valence-corrected chi connectivity index (χ1v) is 10.4. The molecule has 3 aromatic rings. The Morgan fingerprint density at radius 2 is 1.59 bits per heavy atom. The molecule has 0 unspecified atom stereocenters. The fourth-order valence-electron chi connectivity index (χ4n) is 3.55. The number of hydrogen-bond donors (Lipinski definition) is 1. The zero-order valence-electron chi connectivity index (χ0n) is 18.1. The van der Waals surface area contributed by atoms with Crippen LogP contribution in [0.15, 0.2) is 76.4 Å². The van der Waals surface area contributed by atoms with Crippen molar-refractivity contribution in [3.8, 4) is 0 Å². The number of nitrogens with zero attached hydrogens (tertiary/aromatic N) is 1. The average Bonchev–Trinajstić information content (AvgIpc) is 3.15. The molecule has 0 bridgehead atoms. The summed E-state index contributed by atoms with van der Waals surface area (Å²) in [5, 5.41) is 0. The molecule has 9 nitrogen and oxygen atoms in total. The molecular weight excluding hydrogens is 447 g/mol. The van der Waals surface area contributed by atoms with Gasteiger partial charge in [-0.3, -0.25) is 14.3 Å². The van der Waals surface area contributed by atoms with Crippen LogP contribution in [0.2, 0.25) is 0 Å². The van der Waals surface area contributed by atoms with Gasteiger partial charge in [-0.25, -0.2) is 18.8 Å². The predicted octanol–water partition coefficient (Wildman–Crippen LogP) is 2.16. The number of ether oxygens (including phenoxy) is 3. The van der Waals surface area contributed by atoms with Crippen molar-refractivity contribution in [1.29, 1.82) is 0 Å². The van der Waals surface area contributed by atoms with Crippen LogP contribution in [0.5, 0.6) is 0 Å². The number of aromatic amines is 1. The molecule has 1 saturated heterocycles. The first-order valence-electron chi connectivity index (χ1n) is 10.4. The third kappa shape index (κ3) is 4.81. The van der Waals surface area contributed by atoms with Gasteiger partial charge in [-0.2, -0.15) is 0 Å². The second-order valence-corrected chi connectivity index (χ2v) is 7.69. The maximum absolute atomic E-state index is 15.5. The number of alkyl halides is 1. The summed E-state index contributed by atoms with van der Waals surface area (Å²) < 4.78 is 32.7. The van der Waals surface area contributed by atoms with Crippen molar-refractivity contribution in [3.05, 3.63) is 104 Å². The molecule has 1 aliphatic rings. The Bertz CT molecular complexity index is 1290. The molecule has 0 amide bonds. The van der Waals surface area contributed by atoms with Crippen molar-refractivity contribution in [2.45, 2.75) is 31.5 Å². The minimum atomic E-state index is -1.99. The van der Waals surface area contributed by atoms with E-state index in [2.05, 4.69) is 4.98 Å². The van der Waals surface area contributed by atoms with Gasteiger partial charge in [0.05, 0.1) is 11.1 Å². The van der Waals surface area contributed by atoms with E-state index in [0.717, 1.165) is 10.8 Å². The van der Waals surface area contributed by atoms with E-state index < -0.39 is 54.4 Å². The van der Waals surface area contributed by atoms with E-state index in [1.54, 1.807) is 48.5 Å². The maximum Gasteiger partial charge on any atom is 0.338 e. The Kier molecular flexibility index (Phi) is 6.69. The SMILES string of the molecule is Cc1cn([C@@H]2O[C@H](COC(=O)c3ccccc3)[C@H](OC(=O)c3ccccc3)[C@H]2F)c(=O)[nH]c1=O. The summed E-state index contributed by atoms with van der Waals surface area (Å²) in [6.07, 6.45) is -5.04. The standard InChI is InChI=1S/C24H21FN2O7/c1-14-12-27(24(31)26-20(14)28)21-18(25)19(34-23(30)16-10-6-3-7-11-16)17(33-21)13-32-22(29)15-8-4-2-5-9-15/h2-12,17-19,21H,13H2,1H3,(H,26,28,31)/t17-,18-,19+,21-/m1/s1. The second kappa shape index (κ2) is 9.84. The Labute approximate surface area is 192 Å². The molecule has 0 saturated carbocycles. The number of aryl methyl sites for hydroxylation is 1. The fraction of sp³-hybridized carbons (Fsp3) is 0.250. The third-order valence-electron chi connectivity index (χ3n) is 5.33. The molecule has 1 aromatic heterocycles. The smallest absolute Gasteiger partial charge is 0.338 e. The van der Waals surface area contributed by atoms with E-state index in [1.165, 1.54) is 19.1 Å². The molecule has 176 valence electrons. The summed E-state index contributed by atoms with van der Waals surface area (Å²) in [6, 6.07) is 16.1. The number of carbonyl (C=O) groups excluding carboxylic acids is 2. The molecule has 0 aliphatic carbocycles. The largest absolute Gasteiger partial charge is 0.459 e. The van der Waals surface area contributed by atoms with Crippen LogP contribution in [-0.4, -0.2) is 46.5 Å². The van der Waals surface area contributed by atoms with Crippen LogP contribution in [-0.2, 0) is 14.2 Å². The van der Waals surface area contributed by atoms with Crippen LogP contribution < -0.4 is 11.2 Å². The first kappa shape index (κ1) is 23.1. The van der Waals surface area contributed by atoms with Gasteiger partial charge in [-0.1, -0.05) is 36.4 Å². The van der Waals surface area contributed by atoms with Crippen molar-refractivity contribution >= 4 is 11.9 Å². The number of nitrogens with one attached hydrogen (secondary N) is 1. The summed E-state index contributed by atoms with van der Waals surface area (Å²) in [5.41, 5.74) is -0.880. The number of esters is 2. The van der Waals surface area contributed by atoms with Gasteiger partial charge < -0.3 is 14.2 Å². The number of hydrogen-bond acceptors (Lipinski definition) is 7. The van der Waals surface area contributed by atoms with Gasteiger partial charge in [0.1, 0.15) is 12.7 Å². The number of aromatic nitrogens is 2. The van der Waals surface area contributed by atoms with Gasteiger partial charge in [0.2, 0.25) is 0 Å². The van der Waals surface area contributed by atoms with Crippen molar-refractivity contribution in [1.82, 2.24) is 9.55 Å². The fourth-order valence-corrected chi connectivity index (χ4v) is 3.55. The van der Waals surface area contributed by atoms with Crippen LogP contribution >= 0.6 is 0 Å². The molecule has 0 radical (unpaired) electrons. The van der Waals surface area contributed by atoms with E-state index >= 15 is 4.39 Å². The van der Waals surface area contributed by atoms with Gasteiger partial charge >= 0.3 is 17.6 Å². The molecular formula is C24H21FN2O7. The summed E-state index contributed by atoms with van der Waals surface area (Å²) in [5.74, 6) is -1.48. The molecule has 1 aliphatic heterocycles. The lowest BCUT2D eigenvalue weighted by atomic mass is 10.1. The highest BCUT2D eigenvalue weighted by atomic mass is 19.1. The Hall–Kier alpha value is -4.05. The van der Waals surface area contributed by atoms with Gasteiger partial charge in [-0.15, -0.1) is 0 Å². The molecule has 34 heavy (non-hydrogen) atoms. The van der Waals surface area contributed by atoms with E-state index in [0.29, 0.717) is 0 Å². The van der Waals surface area contributed by atoms with Crippen LogP contribution in [0.3, 0.4) is 0 Å². The van der Waals surface area contributed by atoms with Crippen molar-refractivity contribution in [2.75, 3.05) is 6.61 Å². The Morgan fingerprint density at radius 1 is 1.00 bits per heavy atom. The maximum atomic E-state index is 15.5. The minimum Gasteiger partial charge on any atom is -0.459 e. The third-order valence-corrected chi connectivity index (χ3v) is 5.33. The monoisotopic (exact) mass is 468 g/mol. The molecule has 4 rings (SSSR count). The van der Waals surface area contributed by atoms with Crippen molar-refractivity contribution < 1.29 is 28.2 Å². The summed E-state index contributed by atoms with van der Waals surface area (Å²) in [7, 11) is 0. The topological polar surface area (TPSA) is 117 Å². The number of benzene rings is 2. The van der Waals surface area contributed by atoms with E-state index in [4.69, 9.17) is 14.2 Å². The first-order chi connectivity index (χ1) is 16.3. The van der Waals surface area contributed by atoms with Crippen molar-refractivity contribution in [3.63, 3.8) is 0 Å². The normalized spacial score (nSPS) is 21.7. The van der Waals surface area contributed by atoms with Crippen LogP contribution in [0.4, 0.5) is 4.39 Å². The van der Waals surface area contributed by atoms with Crippen LogP contribution in [0, 0.1) is 6.92 Å². The number of halogens is 1.